The number of hydrogen-bond donors (Lipinski definition) is 0. The molecule has 0 aliphatic carbocycles. The first-order valence-electron chi connectivity index (χ1n) is 7.01. The SMILES string of the molecule is c1ccc(-c2cc(-n3cncn3)c(-c3ccccc3)o2)cc1. The standard InChI is InChI=1S/C18H13N3O/c1-3-7-14(8-4-1)17-11-16(21-13-19-12-20-21)18(22-17)15-9-5-2-6-10-15/h1-13H. The Morgan fingerprint density at radius 1 is 0.818 bits per heavy atom. The summed E-state index contributed by atoms with van der Waals surface area (Å²) in [5.74, 6) is 1.59. The molecule has 0 bridgehead atoms. The van der Waals surface area contributed by atoms with Crippen LogP contribution in [0.2, 0.25) is 0 Å². The molecule has 0 fully saturated rings. The van der Waals surface area contributed by atoms with Crippen LogP contribution in [-0.2, 0) is 0 Å². The second-order valence-electron chi connectivity index (χ2n) is 4.90. The molecule has 4 aromatic rings. The topological polar surface area (TPSA) is 43.9 Å². The molecule has 0 unspecified atom stereocenters. The first-order chi connectivity index (χ1) is 10.9. The molecule has 0 N–H and O–H groups in total. The second-order valence-corrected chi connectivity index (χ2v) is 4.90. The third kappa shape index (κ3) is 2.20. The Labute approximate surface area is 127 Å². The van der Waals surface area contributed by atoms with Crippen LogP contribution >= 0.6 is 0 Å². The third-order valence-corrected chi connectivity index (χ3v) is 3.47. The van der Waals surface area contributed by atoms with Crippen LogP contribution in [0.25, 0.3) is 28.3 Å². The molecule has 0 saturated carbocycles. The maximum absolute atomic E-state index is 6.12. The van der Waals surface area contributed by atoms with Crippen LogP contribution < -0.4 is 0 Å². The summed E-state index contributed by atoms with van der Waals surface area (Å²) < 4.78 is 7.84. The summed E-state index contributed by atoms with van der Waals surface area (Å²) in [5, 5.41) is 4.23. The van der Waals surface area contributed by atoms with Crippen molar-refractivity contribution in [3.8, 4) is 28.3 Å². The van der Waals surface area contributed by atoms with E-state index in [9.17, 15) is 0 Å². The van der Waals surface area contributed by atoms with Gasteiger partial charge in [0.2, 0.25) is 0 Å². The van der Waals surface area contributed by atoms with Gasteiger partial charge in [0.1, 0.15) is 24.1 Å². The first kappa shape index (κ1) is 12.6. The molecule has 4 rings (SSSR count). The third-order valence-electron chi connectivity index (χ3n) is 3.47. The largest absolute Gasteiger partial charge is 0.454 e. The Balaban J connectivity index is 1.91. The molecule has 2 heterocycles. The Kier molecular flexibility index (Phi) is 3.05. The van der Waals surface area contributed by atoms with E-state index in [-0.39, 0.29) is 0 Å². The second kappa shape index (κ2) is 5.33. The molecule has 4 nitrogen and oxygen atoms in total. The van der Waals surface area contributed by atoms with Gasteiger partial charge in [0.15, 0.2) is 5.76 Å². The fourth-order valence-corrected chi connectivity index (χ4v) is 2.43. The molecule has 0 aliphatic heterocycles. The van der Waals surface area contributed by atoms with Gasteiger partial charge in [-0.15, -0.1) is 0 Å². The number of nitrogens with zero attached hydrogens (tertiary/aromatic N) is 3. The van der Waals surface area contributed by atoms with Gasteiger partial charge < -0.3 is 4.42 Å². The summed E-state index contributed by atoms with van der Waals surface area (Å²) in [6.07, 6.45) is 3.19. The van der Waals surface area contributed by atoms with E-state index in [0.29, 0.717) is 0 Å². The van der Waals surface area contributed by atoms with Crippen molar-refractivity contribution < 1.29 is 4.42 Å². The van der Waals surface area contributed by atoms with E-state index < -0.39 is 0 Å². The number of furan rings is 1. The molecular weight excluding hydrogens is 274 g/mol. The van der Waals surface area contributed by atoms with Gasteiger partial charge >= 0.3 is 0 Å². The highest BCUT2D eigenvalue weighted by Gasteiger charge is 2.16. The molecule has 0 saturated heterocycles. The van der Waals surface area contributed by atoms with Gasteiger partial charge in [0, 0.05) is 17.2 Å². The van der Waals surface area contributed by atoms with Crippen LogP contribution in [0.15, 0.2) is 83.8 Å². The molecular formula is C18H13N3O. The maximum atomic E-state index is 6.12. The lowest BCUT2D eigenvalue weighted by Crippen LogP contribution is -1.94. The fourth-order valence-electron chi connectivity index (χ4n) is 2.43. The lowest BCUT2D eigenvalue weighted by molar-refractivity contribution is 0.594. The molecule has 0 aliphatic rings. The smallest absolute Gasteiger partial charge is 0.160 e. The van der Waals surface area contributed by atoms with Gasteiger partial charge in [0.05, 0.1) is 0 Å². The van der Waals surface area contributed by atoms with Crippen LogP contribution in [0, 0.1) is 0 Å². The average molecular weight is 287 g/mol. The van der Waals surface area contributed by atoms with Gasteiger partial charge in [-0.05, 0) is 0 Å². The van der Waals surface area contributed by atoms with E-state index in [0.717, 1.165) is 28.3 Å². The van der Waals surface area contributed by atoms with Crippen molar-refractivity contribution in [1.82, 2.24) is 14.8 Å². The number of rotatable bonds is 3. The van der Waals surface area contributed by atoms with Crippen molar-refractivity contribution in [2.45, 2.75) is 0 Å². The van der Waals surface area contributed by atoms with Crippen molar-refractivity contribution in [1.29, 1.82) is 0 Å². The van der Waals surface area contributed by atoms with Crippen molar-refractivity contribution in [3.63, 3.8) is 0 Å². The van der Waals surface area contributed by atoms with Crippen molar-refractivity contribution in [2.75, 3.05) is 0 Å². The summed E-state index contributed by atoms with van der Waals surface area (Å²) >= 11 is 0. The Morgan fingerprint density at radius 3 is 2.14 bits per heavy atom. The van der Waals surface area contributed by atoms with E-state index in [1.165, 1.54) is 6.33 Å². The molecule has 2 aromatic carbocycles. The predicted octanol–water partition coefficient (Wildman–Crippen LogP) is 4.19. The van der Waals surface area contributed by atoms with Crippen LogP contribution in [0.4, 0.5) is 0 Å². The average Bonchev–Trinajstić information content (AvgIpc) is 3.26. The first-order valence-corrected chi connectivity index (χ1v) is 7.01. The Morgan fingerprint density at radius 2 is 1.50 bits per heavy atom. The van der Waals surface area contributed by atoms with Crippen molar-refractivity contribution in [2.24, 2.45) is 0 Å². The van der Waals surface area contributed by atoms with Crippen LogP contribution in [-0.4, -0.2) is 14.8 Å². The van der Waals surface area contributed by atoms with Gasteiger partial charge in [-0.1, -0.05) is 60.7 Å². The lowest BCUT2D eigenvalue weighted by Gasteiger charge is -2.01. The quantitative estimate of drug-likeness (QED) is 0.567. The lowest BCUT2D eigenvalue weighted by atomic mass is 10.1. The van der Waals surface area contributed by atoms with E-state index in [1.807, 2.05) is 66.7 Å². The maximum Gasteiger partial charge on any atom is 0.160 e. The summed E-state index contributed by atoms with van der Waals surface area (Å²) in [4.78, 5) is 4.03. The summed E-state index contributed by atoms with van der Waals surface area (Å²) in [5.41, 5.74) is 2.92. The molecule has 22 heavy (non-hydrogen) atoms. The van der Waals surface area contributed by atoms with E-state index in [1.54, 1.807) is 11.0 Å². The van der Waals surface area contributed by atoms with Gasteiger partial charge in [-0.25, -0.2) is 9.67 Å². The highest BCUT2D eigenvalue weighted by Crippen LogP contribution is 2.34. The number of aromatic nitrogens is 3. The Bertz CT molecular complexity index is 865. The zero-order valence-corrected chi connectivity index (χ0v) is 11.8. The van der Waals surface area contributed by atoms with Gasteiger partial charge in [-0.2, -0.15) is 5.10 Å². The van der Waals surface area contributed by atoms with Crippen LogP contribution in [0.5, 0.6) is 0 Å². The van der Waals surface area contributed by atoms with Gasteiger partial charge in [-0.3, -0.25) is 0 Å². The molecule has 4 heteroatoms. The molecule has 2 aromatic heterocycles. The molecule has 0 atom stereocenters. The molecule has 106 valence electrons. The minimum Gasteiger partial charge on any atom is -0.454 e. The van der Waals surface area contributed by atoms with E-state index in [4.69, 9.17) is 4.42 Å². The van der Waals surface area contributed by atoms with Crippen LogP contribution in [0.1, 0.15) is 0 Å². The molecule has 0 spiro atoms. The summed E-state index contributed by atoms with van der Waals surface area (Å²) in [7, 11) is 0. The highest BCUT2D eigenvalue weighted by atomic mass is 16.3. The van der Waals surface area contributed by atoms with Crippen molar-refractivity contribution in [3.05, 3.63) is 79.4 Å². The normalized spacial score (nSPS) is 10.7. The summed E-state index contributed by atoms with van der Waals surface area (Å²) in [6.45, 7) is 0. The number of benzene rings is 2. The zero-order chi connectivity index (χ0) is 14.8. The van der Waals surface area contributed by atoms with Gasteiger partial charge in [0.25, 0.3) is 0 Å². The van der Waals surface area contributed by atoms with E-state index >= 15 is 0 Å². The van der Waals surface area contributed by atoms with Crippen LogP contribution in [0.3, 0.4) is 0 Å². The molecule has 0 radical (unpaired) electrons. The summed E-state index contributed by atoms with van der Waals surface area (Å²) in [6, 6.07) is 22.0. The van der Waals surface area contributed by atoms with Crippen molar-refractivity contribution >= 4 is 0 Å². The monoisotopic (exact) mass is 287 g/mol. The predicted molar refractivity (Wildman–Crippen MR) is 84.5 cm³/mol. The fraction of sp³-hybridized carbons (Fsp3) is 0. The van der Waals surface area contributed by atoms with E-state index in [2.05, 4.69) is 10.1 Å². The minimum atomic E-state index is 0.782. The number of hydrogen-bond acceptors (Lipinski definition) is 3. The highest BCUT2D eigenvalue weighted by molar-refractivity contribution is 5.73. The minimum absolute atomic E-state index is 0.782. The molecule has 0 amide bonds. The Hall–Kier alpha value is -3.14. The zero-order valence-electron chi connectivity index (χ0n) is 11.8.